The van der Waals surface area contributed by atoms with Gasteiger partial charge in [-0.15, -0.1) is 0 Å². The molecule has 0 atom stereocenters. The maximum Gasteiger partial charge on any atom is 0.395 e. The minimum atomic E-state index is -3.31. The van der Waals surface area contributed by atoms with Crippen molar-refractivity contribution in [3.63, 3.8) is 0 Å². The molecule has 2 aromatic carbocycles. The molecule has 3 heterocycles. The predicted octanol–water partition coefficient (Wildman–Crippen LogP) is 4.64. The van der Waals surface area contributed by atoms with E-state index < -0.39 is 9.84 Å². The fourth-order valence-electron chi connectivity index (χ4n) is 3.89. The summed E-state index contributed by atoms with van der Waals surface area (Å²) >= 11 is 0. The van der Waals surface area contributed by atoms with Gasteiger partial charge in [0.25, 0.3) is 0 Å². The molecule has 3 aromatic heterocycles. The Morgan fingerprint density at radius 2 is 1.94 bits per heavy atom. The lowest BCUT2D eigenvalue weighted by Gasteiger charge is -2.10. The van der Waals surface area contributed by atoms with Crippen molar-refractivity contribution in [3.8, 4) is 23.0 Å². The van der Waals surface area contributed by atoms with Crippen LogP contribution in [0, 0.1) is 13.8 Å². The van der Waals surface area contributed by atoms with Crippen LogP contribution in [-0.4, -0.2) is 36.9 Å². The molecule has 0 saturated heterocycles. The summed E-state index contributed by atoms with van der Waals surface area (Å²) in [5.41, 5.74) is 4.86. The summed E-state index contributed by atoms with van der Waals surface area (Å²) in [7, 11) is -1.71. The van der Waals surface area contributed by atoms with E-state index in [4.69, 9.17) is 18.4 Å². The minimum absolute atomic E-state index is 0.0582. The van der Waals surface area contributed by atoms with Crippen LogP contribution in [0.1, 0.15) is 17.0 Å². The van der Waals surface area contributed by atoms with Gasteiger partial charge in [0.2, 0.25) is 0 Å². The van der Waals surface area contributed by atoms with Crippen LogP contribution in [0.4, 0.5) is 0 Å². The Morgan fingerprint density at radius 3 is 2.65 bits per heavy atom. The van der Waals surface area contributed by atoms with E-state index in [9.17, 15) is 8.42 Å². The highest BCUT2D eigenvalue weighted by Gasteiger charge is 2.20. The van der Waals surface area contributed by atoms with E-state index in [1.54, 1.807) is 37.6 Å². The number of benzene rings is 2. The first-order valence-electron chi connectivity index (χ1n) is 10.4. The van der Waals surface area contributed by atoms with E-state index in [0.29, 0.717) is 33.7 Å². The van der Waals surface area contributed by atoms with Gasteiger partial charge in [0, 0.05) is 17.2 Å². The number of aromatic nitrogens is 3. The van der Waals surface area contributed by atoms with E-state index in [-0.39, 0.29) is 17.6 Å². The van der Waals surface area contributed by atoms with Gasteiger partial charge in [-0.1, -0.05) is 17.3 Å². The topological polar surface area (TPSA) is 118 Å². The molecule has 5 aromatic rings. The minimum Gasteiger partial charge on any atom is -0.496 e. The normalized spacial score (nSPS) is 11.9. The van der Waals surface area contributed by atoms with Crippen molar-refractivity contribution >= 4 is 31.8 Å². The second-order valence-electron chi connectivity index (χ2n) is 7.93. The largest absolute Gasteiger partial charge is 0.496 e. The predicted molar refractivity (Wildman–Crippen MR) is 125 cm³/mol. The molecule has 0 fully saturated rings. The van der Waals surface area contributed by atoms with Gasteiger partial charge < -0.3 is 18.4 Å². The summed E-state index contributed by atoms with van der Waals surface area (Å²) in [5.74, 6) is 1.31. The molecule has 0 bridgehead atoms. The Bertz CT molecular complexity index is 1630. The van der Waals surface area contributed by atoms with Crippen molar-refractivity contribution in [2.45, 2.75) is 25.3 Å². The molecule has 0 radical (unpaired) electrons. The molecule has 5 rings (SSSR count). The number of fused-ring (bicyclic) bond motifs is 3. The zero-order valence-corrected chi connectivity index (χ0v) is 19.8. The number of pyridine rings is 1. The smallest absolute Gasteiger partial charge is 0.395 e. The van der Waals surface area contributed by atoms with Crippen LogP contribution >= 0.6 is 0 Å². The Labute approximate surface area is 195 Å². The zero-order valence-electron chi connectivity index (χ0n) is 18.9. The van der Waals surface area contributed by atoms with Gasteiger partial charge in [0.1, 0.15) is 23.6 Å². The number of sulfone groups is 1. The maximum atomic E-state index is 11.8. The molecular weight excluding hydrogens is 458 g/mol. The van der Waals surface area contributed by atoms with Crippen LogP contribution in [0.5, 0.6) is 11.8 Å². The van der Waals surface area contributed by atoms with Crippen LogP contribution in [0.3, 0.4) is 0 Å². The Balaban J connectivity index is 1.52. The quantitative estimate of drug-likeness (QED) is 0.343. The molecule has 0 aliphatic rings. The van der Waals surface area contributed by atoms with E-state index in [2.05, 4.69) is 15.1 Å². The highest BCUT2D eigenvalue weighted by Crippen LogP contribution is 2.39. The molecule has 0 aliphatic heterocycles. The first-order chi connectivity index (χ1) is 16.2. The van der Waals surface area contributed by atoms with E-state index in [1.807, 2.05) is 26.0 Å². The van der Waals surface area contributed by atoms with E-state index in [0.717, 1.165) is 28.5 Å². The third-order valence-electron chi connectivity index (χ3n) is 5.52. The second kappa shape index (κ2) is 8.14. The number of ether oxygens (including phenoxy) is 2. The summed E-state index contributed by atoms with van der Waals surface area (Å²) in [4.78, 5) is 9.24. The van der Waals surface area contributed by atoms with Gasteiger partial charge in [-0.25, -0.2) is 8.42 Å². The van der Waals surface area contributed by atoms with E-state index >= 15 is 0 Å². The third kappa shape index (κ3) is 3.86. The third-order valence-corrected chi connectivity index (χ3v) is 6.63. The molecule has 10 heteroatoms. The standard InChI is InChI=1S/C24H21N3O6S/c1-13-22(14(2)33-27-13)18-9-19-17(10-20(18)30-3)23-21(11-25-19)32-24(26-23)31-12-15-6-5-7-16(8-15)34(4,28)29/h5-11H,12H2,1-4H3. The number of nitrogens with zero attached hydrogens (tertiary/aromatic N) is 3. The average Bonchev–Trinajstić information content (AvgIpc) is 3.38. The van der Waals surface area contributed by atoms with Gasteiger partial charge in [0.05, 0.1) is 35.0 Å². The van der Waals surface area contributed by atoms with Crippen molar-refractivity contribution in [1.82, 2.24) is 15.1 Å². The van der Waals surface area contributed by atoms with Gasteiger partial charge in [0.15, 0.2) is 15.4 Å². The second-order valence-corrected chi connectivity index (χ2v) is 9.94. The van der Waals surface area contributed by atoms with Gasteiger partial charge in [-0.05, 0) is 43.7 Å². The molecule has 0 aliphatic carbocycles. The van der Waals surface area contributed by atoms with Crippen molar-refractivity contribution in [2.75, 3.05) is 13.4 Å². The summed E-state index contributed by atoms with van der Waals surface area (Å²) in [6.07, 6.45) is 2.81. The summed E-state index contributed by atoms with van der Waals surface area (Å²) in [6.45, 7) is 3.82. The van der Waals surface area contributed by atoms with Gasteiger partial charge in [-0.3, -0.25) is 4.98 Å². The first-order valence-corrected chi connectivity index (χ1v) is 12.3. The fraction of sp³-hybridized carbons (Fsp3) is 0.208. The lowest BCUT2D eigenvalue weighted by atomic mass is 10.0. The van der Waals surface area contributed by atoms with Crippen LogP contribution in [-0.2, 0) is 16.4 Å². The summed E-state index contributed by atoms with van der Waals surface area (Å²) in [5, 5.41) is 4.78. The summed E-state index contributed by atoms with van der Waals surface area (Å²) < 4.78 is 46.0. The number of aryl methyl sites for hydroxylation is 2. The number of rotatable bonds is 6. The molecule has 9 nitrogen and oxygen atoms in total. The molecule has 0 saturated carbocycles. The van der Waals surface area contributed by atoms with Crippen LogP contribution in [0.25, 0.3) is 33.1 Å². The van der Waals surface area contributed by atoms with Crippen molar-refractivity contribution in [2.24, 2.45) is 0 Å². The Kier molecular flexibility index (Phi) is 5.24. The molecule has 174 valence electrons. The maximum absolute atomic E-state index is 11.8. The van der Waals surface area contributed by atoms with Crippen molar-refractivity contribution in [3.05, 3.63) is 59.6 Å². The Hall–Kier alpha value is -3.92. The number of oxazole rings is 1. The monoisotopic (exact) mass is 479 g/mol. The van der Waals surface area contributed by atoms with Crippen molar-refractivity contribution in [1.29, 1.82) is 0 Å². The molecular formula is C24H21N3O6S. The SMILES string of the molecule is COc1cc2c(cc1-c1c(C)noc1C)ncc1oc(OCc3cccc(S(C)(=O)=O)c3)nc12. The lowest BCUT2D eigenvalue weighted by Crippen LogP contribution is -2.00. The first kappa shape index (κ1) is 21.9. The van der Waals surface area contributed by atoms with Gasteiger partial charge >= 0.3 is 6.08 Å². The molecule has 0 spiro atoms. The fourth-order valence-corrected chi connectivity index (χ4v) is 4.58. The lowest BCUT2D eigenvalue weighted by molar-refractivity contribution is 0.226. The number of hydrogen-bond acceptors (Lipinski definition) is 9. The molecule has 0 N–H and O–H groups in total. The highest BCUT2D eigenvalue weighted by molar-refractivity contribution is 7.90. The van der Waals surface area contributed by atoms with Crippen LogP contribution < -0.4 is 9.47 Å². The average molecular weight is 480 g/mol. The number of hydrogen-bond donors (Lipinski definition) is 0. The zero-order chi connectivity index (χ0) is 24.0. The summed E-state index contributed by atoms with van der Waals surface area (Å²) in [6, 6.07) is 10.3. The van der Waals surface area contributed by atoms with Gasteiger partial charge in [-0.2, -0.15) is 4.98 Å². The van der Waals surface area contributed by atoms with Crippen molar-refractivity contribution < 1.29 is 26.8 Å². The van der Waals surface area contributed by atoms with Crippen LogP contribution in [0.2, 0.25) is 0 Å². The molecule has 0 unspecified atom stereocenters. The molecule has 0 amide bonds. The van der Waals surface area contributed by atoms with E-state index in [1.165, 1.54) is 0 Å². The van der Waals surface area contributed by atoms with Crippen LogP contribution in [0.15, 0.2) is 56.4 Å². The number of methoxy groups -OCH3 is 1. The Morgan fingerprint density at radius 1 is 1.12 bits per heavy atom. The molecule has 34 heavy (non-hydrogen) atoms. The highest BCUT2D eigenvalue weighted by atomic mass is 32.2.